The number of nitro groups is 1. The summed E-state index contributed by atoms with van der Waals surface area (Å²) in [7, 11) is 0. The number of carboxylic acid groups (broad SMARTS) is 1. The fourth-order valence-electron chi connectivity index (χ4n) is 2.15. The molecule has 0 saturated heterocycles. The van der Waals surface area contributed by atoms with E-state index in [2.05, 4.69) is 0 Å². The summed E-state index contributed by atoms with van der Waals surface area (Å²) in [5, 5.41) is 27.8. The van der Waals surface area contributed by atoms with E-state index in [-0.39, 0.29) is 22.8 Å². The van der Waals surface area contributed by atoms with Crippen molar-refractivity contribution in [2.45, 2.75) is 0 Å². The zero-order chi connectivity index (χ0) is 19.8. The maximum atomic E-state index is 12.0. The average molecular weight is 365 g/mol. The van der Waals surface area contributed by atoms with Crippen LogP contribution in [0.4, 0.5) is 5.69 Å². The van der Waals surface area contributed by atoms with Gasteiger partial charge in [-0.05, 0) is 24.3 Å². The van der Waals surface area contributed by atoms with Crippen molar-refractivity contribution in [1.82, 2.24) is 0 Å². The minimum atomic E-state index is -1.11. The highest BCUT2D eigenvalue weighted by molar-refractivity contribution is 6.09. The van der Waals surface area contributed by atoms with Crippen LogP contribution in [0, 0.1) is 10.1 Å². The van der Waals surface area contributed by atoms with Crippen LogP contribution < -0.4 is 0 Å². The number of carbonyl (C=O) groups excluding carboxylic acids is 1. The summed E-state index contributed by atoms with van der Waals surface area (Å²) in [6.45, 7) is 0. The quantitative estimate of drug-likeness (QED) is 0.411. The number of phenols is 1. The lowest BCUT2D eigenvalue weighted by molar-refractivity contribution is -0.384. The number of hydrogen-bond acceptors (Lipinski definition) is 5. The van der Waals surface area contributed by atoms with Crippen LogP contribution in [0.15, 0.2) is 78.9 Å². The summed E-state index contributed by atoms with van der Waals surface area (Å²) < 4.78 is 0. The molecule has 0 bridgehead atoms. The van der Waals surface area contributed by atoms with Crippen molar-refractivity contribution >= 4 is 17.4 Å². The summed E-state index contributed by atoms with van der Waals surface area (Å²) in [5.74, 6) is -1.45. The van der Waals surface area contributed by atoms with Gasteiger partial charge in [-0.15, -0.1) is 0 Å². The molecule has 0 aliphatic heterocycles. The average Bonchev–Trinajstić information content (AvgIpc) is 2.69. The normalized spacial score (nSPS) is 9.63. The second-order valence-corrected chi connectivity index (χ2v) is 5.32. The molecule has 0 amide bonds. The van der Waals surface area contributed by atoms with E-state index < -0.39 is 10.9 Å². The van der Waals surface area contributed by atoms with Gasteiger partial charge in [-0.25, -0.2) is 4.79 Å². The first-order valence-electron chi connectivity index (χ1n) is 7.75. The first kappa shape index (κ1) is 19.3. The molecule has 0 atom stereocenters. The summed E-state index contributed by atoms with van der Waals surface area (Å²) in [6.07, 6.45) is 0. The van der Waals surface area contributed by atoms with E-state index in [0.717, 1.165) is 0 Å². The first-order chi connectivity index (χ1) is 12.9. The second-order valence-electron chi connectivity index (χ2n) is 5.32. The fourth-order valence-corrected chi connectivity index (χ4v) is 2.15. The molecule has 0 aliphatic carbocycles. The van der Waals surface area contributed by atoms with Crippen molar-refractivity contribution in [3.63, 3.8) is 0 Å². The Bertz CT molecular complexity index is 952. The number of para-hydroxylation sites is 1. The molecule has 3 aromatic carbocycles. The lowest BCUT2D eigenvalue weighted by Crippen LogP contribution is -2.00. The van der Waals surface area contributed by atoms with Crippen molar-refractivity contribution < 1.29 is 24.7 Å². The monoisotopic (exact) mass is 365 g/mol. The van der Waals surface area contributed by atoms with E-state index in [1.165, 1.54) is 36.4 Å². The number of non-ortho nitro benzene ring substituents is 1. The van der Waals surface area contributed by atoms with Crippen molar-refractivity contribution in [2.24, 2.45) is 0 Å². The Morgan fingerprint density at radius 2 is 1.30 bits per heavy atom. The molecule has 0 saturated carbocycles. The molecule has 3 aromatic rings. The van der Waals surface area contributed by atoms with Crippen molar-refractivity contribution in [3.05, 3.63) is 106 Å². The van der Waals surface area contributed by atoms with Gasteiger partial charge in [0.1, 0.15) is 11.3 Å². The number of hydrogen-bond donors (Lipinski definition) is 2. The molecule has 2 N–H and O–H groups in total. The molecule has 0 unspecified atom stereocenters. The van der Waals surface area contributed by atoms with E-state index in [4.69, 9.17) is 10.2 Å². The third kappa shape index (κ3) is 5.23. The van der Waals surface area contributed by atoms with Gasteiger partial charge in [0, 0.05) is 23.3 Å². The predicted molar refractivity (Wildman–Crippen MR) is 98.0 cm³/mol. The van der Waals surface area contributed by atoms with E-state index in [9.17, 15) is 19.7 Å². The summed E-state index contributed by atoms with van der Waals surface area (Å²) in [4.78, 5) is 32.2. The van der Waals surface area contributed by atoms with E-state index in [1.54, 1.807) is 36.4 Å². The first-order valence-corrected chi connectivity index (χ1v) is 7.75. The van der Waals surface area contributed by atoms with Crippen LogP contribution >= 0.6 is 0 Å². The molecule has 27 heavy (non-hydrogen) atoms. The predicted octanol–water partition coefficient (Wildman–Crippen LogP) is 3.92. The van der Waals surface area contributed by atoms with E-state index >= 15 is 0 Å². The van der Waals surface area contributed by atoms with Gasteiger partial charge in [-0.3, -0.25) is 14.9 Å². The van der Waals surface area contributed by atoms with Crippen molar-refractivity contribution in [2.75, 3.05) is 0 Å². The van der Waals surface area contributed by atoms with Crippen LogP contribution in [0.25, 0.3) is 0 Å². The Morgan fingerprint density at radius 1 is 0.778 bits per heavy atom. The van der Waals surface area contributed by atoms with Gasteiger partial charge < -0.3 is 10.2 Å². The van der Waals surface area contributed by atoms with Crippen LogP contribution in [0.5, 0.6) is 5.75 Å². The lowest BCUT2D eigenvalue weighted by Gasteiger charge is -2.00. The maximum Gasteiger partial charge on any atom is 0.339 e. The number of aromatic carboxylic acids is 1. The molecular weight excluding hydrogens is 350 g/mol. The van der Waals surface area contributed by atoms with Crippen LogP contribution in [0.3, 0.4) is 0 Å². The molecule has 7 heteroatoms. The molecule has 0 heterocycles. The second kappa shape index (κ2) is 8.91. The Hall–Kier alpha value is -4.00. The fraction of sp³-hybridized carbons (Fsp3) is 0. The Morgan fingerprint density at radius 3 is 1.78 bits per heavy atom. The number of benzene rings is 3. The number of carbonyl (C=O) groups is 2. The molecule has 0 spiro atoms. The molecule has 0 aromatic heterocycles. The van der Waals surface area contributed by atoms with Crippen LogP contribution in [-0.4, -0.2) is 26.9 Å². The summed E-state index contributed by atoms with van der Waals surface area (Å²) in [6, 6.07) is 20.2. The Labute approximate surface area is 154 Å². The van der Waals surface area contributed by atoms with Gasteiger partial charge in [0.25, 0.3) is 5.69 Å². The maximum absolute atomic E-state index is 12.0. The molecule has 0 aliphatic rings. The number of nitro benzene ring substituents is 1. The van der Waals surface area contributed by atoms with Crippen LogP contribution in [0.1, 0.15) is 26.3 Å². The number of rotatable bonds is 4. The van der Waals surface area contributed by atoms with E-state index in [0.29, 0.717) is 11.1 Å². The minimum Gasteiger partial charge on any atom is -0.507 e. The van der Waals surface area contributed by atoms with Gasteiger partial charge in [-0.1, -0.05) is 42.5 Å². The highest BCUT2D eigenvalue weighted by Crippen LogP contribution is 2.15. The molecule has 3 rings (SSSR count). The molecule has 0 fully saturated rings. The van der Waals surface area contributed by atoms with Crippen molar-refractivity contribution in [3.8, 4) is 5.75 Å². The SMILES string of the molecule is O=C(O)c1ccccc1O.O=C(c1ccccc1)c1ccc([N+](=O)[O-])cc1. The standard InChI is InChI=1S/C13H9NO3.C7H6O3/c15-13(10-4-2-1-3-5-10)11-6-8-12(9-7-11)14(16)17;8-6-4-2-1-3-5(6)7(9)10/h1-9H;1-4,8H,(H,9,10). The molecular formula is C20H15NO6. The third-order valence-corrected chi connectivity index (χ3v) is 3.51. The lowest BCUT2D eigenvalue weighted by atomic mass is 10.0. The van der Waals surface area contributed by atoms with Crippen LogP contribution in [-0.2, 0) is 0 Å². The summed E-state index contributed by atoms with van der Waals surface area (Å²) >= 11 is 0. The third-order valence-electron chi connectivity index (χ3n) is 3.51. The minimum absolute atomic E-state index is 0.0189. The zero-order valence-corrected chi connectivity index (χ0v) is 14.0. The number of nitrogens with zero attached hydrogens (tertiary/aromatic N) is 1. The number of ketones is 1. The van der Waals surface area contributed by atoms with Gasteiger partial charge in [-0.2, -0.15) is 0 Å². The van der Waals surface area contributed by atoms with Gasteiger partial charge in [0.2, 0.25) is 0 Å². The van der Waals surface area contributed by atoms with Gasteiger partial charge >= 0.3 is 5.97 Å². The molecule has 0 radical (unpaired) electrons. The number of carboxylic acids is 1. The van der Waals surface area contributed by atoms with E-state index in [1.807, 2.05) is 6.07 Å². The molecule has 136 valence electrons. The largest absolute Gasteiger partial charge is 0.507 e. The number of aromatic hydroxyl groups is 1. The smallest absolute Gasteiger partial charge is 0.339 e. The van der Waals surface area contributed by atoms with Gasteiger partial charge in [0.15, 0.2) is 5.78 Å². The summed E-state index contributed by atoms with van der Waals surface area (Å²) in [5.41, 5.74) is 0.931. The highest BCUT2D eigenvalue weighted by atomic mass is 16.6. The van der Waals surface area contributed by atoms with Crippen LogP contribution in [0.2, 0.25) is 0 Å². The molecule has 7 nitrogen and oxygen atoms in total. The zero-order valence-electron chi connectivity index (χ0n) is 14.0. The van der Waals surface area contributed by atoms with Crippen molar-refractivity contribution in [1.29, 1.82) is 0 Å². The topological polar surface area (TPSA) is 118 Å². The Kier molecular flexibility index (Phi) is 6.38. The van der Waals surface area contributed by atoms with Gasteiger partial charge in [0.05, 0.1) is 4.92 Å². The highest BCUT2D eigenvalue weighted by Gasteiger charge is 2.10. The Balaban J connectivity index is 0.000000223.